The molecule has 2 aromatic rings. The van der Waals surface area contributed by atoms with Gasteiger partial charge in [0.15, 0.2) is 0 Å². The number of rotatable bonds is 4. The summed E-state index contributed by atoms with van der Waals surface area (Å²) in [5.74, 6) is 0.685. The molecule has 3 nitrogen and oxygen atoms in total. The molecule has 21 heavy (non-hydrogen) atoms. The van der Waals surface area contributed by atoms with E-state index in [4.69, 9.17) is 9.47 Å². The Morgan fingerprint density at radius 3 is 2.38 bits per heavy atom. The third kappa shape index (κ3) is 2.09. The molecule has 0 bridgehead atoms. The van der Waals surface area contributed by atoms with Crippen LogP contribution in [-0.2, 0) is 14.9 Å². The molecule has 2 atom stereocenters. The van der Waals surface area contributed by atoms with Gasteiger partial charge in [0.1, 0.15) is 11.2 Å². The second-order valence-corrected chi connectivity index (χ2v) is 5.33. The van der Waals surface area contributed by atoms with Gasteiger partial charge >= 0.3 is 5.97 Å². The molecule has 1 aliphatic carbocycles. The van der Waals surface area contributed by atoms with Gasteiger partial charge in [0.2, 0.25) is 0 Å². The van der Waals surface area contributed by atoms with Gasteiger partial charge in [-0.1, -0.05) is 48.5 Å². The first-order chi connectivity index (χ1) is 10.2. The fraction of sp³-hybridized carbons (Fsp3) is 0.278. The largest absolute Gasteiger partial charge is 0.496 e. The van der Waals surface area contributed by atoms with E-state index >= 15 is 0 Å². The van der Waals surface area contributed by atoms with Crippen molar-refractivity contribution in [3.8, 4) is 5.75 Å². The molecule has 2 aromatic carbocycles. The summed E-state index contributed by atoms with van der Waals surface area (Å²) in [5.41, 5.74) is 1.45. The Bertz CT molecular complexity index is 651. The summed E-state index contributed by atoms with van der Waals surface area (Å²) in [6, 6.07) is 17.8. The quantitative estimate of drug-likeness (QED) is 0.807. The van der Waals surface area contributed by atoms with E-state index in [1.807, 2.05) is 42.5 Å². The lowest BCUT2D eigenvalue weighted by molar-refractivity contribution is -0.143. The number of methoxy groups -OCH3 is 2. The standard InChI is InChI=1S/C18H18O3/c1-20-16-11-7-6-10-14(16)18(17(19)21-2)12-15(18)13-8-4-3-5-9-13/h3-11,15H,12H2,1-2H3/t15-,18-/m1/s1. The molecular formula is C18H18O3. The number of para-hydroxylation sites is 1. The summed E-state index contributed by atoms with van der Waals surface area (Å²) in [7, 11) is 3.07. The fourth-order valence-corrected chi connectivity index (χ4v) is 3.18. The van der Waals surface area contributed by atoms with E-state index in [-0.39, 0.29) is 11.9 Å². The Labute approximate surface area is 124 Å². The van der Waals surface area contributed by atoms with Crippen molar-refractivity contribution in [3.63, 3.8) is 0 Å². The van der Waals surface area contributed by atoms with Crippen molar-refractivity contribution < 1.29 is 14.3 Å². The molecule has 0 radical (unpaired) electrons. The average molecular weight is 282 g/mol. The molecule has 0 saturated heterocycles. The Kier molecular flexibility index (Phi) is 3.42. The van der Waals surface area contributed by atoms with Crippen LogP contribution in [0.4, 0.5) is 0 Å². The van der Waals surface area contributed by atoms with Gasteiger partial charge in [-0.2, -0.15) is 0 Å². The first kappa shape index (κ1) is 13.7. The number of carbonyl (C=O) groups excluding carboxylic acids is 1. The van der Waals surface area contributed by atoms with Gasteiger partial charge in [-0.3, -0.25) is 4.79 Å². The normalized spacial score (nSPS) is 23.4. The molecule has 3 rings (SSSR count). The highest BCUT2D eigenvalue weighted by Crippen LogP contribution is 2.62. The second kappa shape index (κ2) is 5.24. The topological polar surface area (TPSA) is 35.5 Å². The van der Waals surface area contributed by atoms with Crippen LogP contribution in [0.3, 0.4) is 0 Å². The van der Waals surface area contributed by atoms with Crippen LogP contribution in [0, 0.1) is 0 Å². The van der Waals surface area contributed by atoms with Gasteiger partial charge in [0.05, 0.1) is 14.2 Å². The lowest BCUT2D eigenvalue weighted by Gasteiger charge is -2.18. The van der Waals surface area contributed by atoms with Crippen molar-refractivity contribution in [1.82, 2.24) is 0 Å². The molecule has 0 aliphatic heterocycles. The van der Waals surface area contributed by atoms with Crippen LogP contribution in [0.1, 0.15) is 23.5 Å². The predicted molar refractivity (Wildman–Crippen MR) is 80.5 cm³/mol. The van der Waals surface area contributed by atoms with Gasteiger partial charge in [-0.25, -0.2) is 0 Å². The van der Waals surface area contributed by atoms with Crippen LogP contribution < -0.4 is 4.74 Å². The van der Waals surface area contributed by atoms with Crippen LogP contribution >= 0.6 is 0 Å². The average Bonchev–Trinajstić information content (AvgIpc) is 3.31. The van der Waals surface area contributed by atoms with Crippen molar-refractivity contribution >= 4 is 5.97 Å². The maximum Gasteiger partial charge on any atom is 0.317 e. The van der Waals surface area contributed by atoms with Gasteiger partial charge in [0, 0.05) is 11.5 Å². The van der Waals surface area contributed by atoms with Crippen LogP contribution in [0.5, 0.6) is 5.75 Å². The molecular weight excluding hydrogens is 264 g/mol. The van der Waals surface area contributed by atoms with E-state index in [0.717, 1.165) is 23.3 Å². The predicted octanol–water partition coefficient (Wildman–Crippen LogP) is 3.29. The van der Waals surface area contributed by atoms with Gasteiger partial charge in [-0.05, 0) is 18.1 Å². The Hall–Kier alpha value is -2.29. The molecule has 3 heteroatoms. The van der Waals surface area contributed by atoms with Crippen LogP contribution in [0.2, 0.25) is 0 Å². The monoisotopic (exact) mass is 282 g/mol. The summed E-state index contributed by atoms with van der Waals surface area (Å²) in [5, 5.41) is 0. The maximum absolute atomic E-state index is 12.5. The minimum Gasteiger partial charge on any atom is -0.496 e. The summed E-state index contributed by atoms with van der Waals surface area (Å²) >= 11 is 0. The van der Waals surface area contributed by atoms with Crippen molar-refractivity contribution in [2.45, 2.75) is 17.8 Å². The van der Waals surface area contributed by atoms with E-state index in [0.29, 0.717) is 0 Å². The smallest absolute Gasteiger partial charge is 0.317 e. The van der Waals surface area contributed by atoms with Crippen molar-refractivity contribution in [2.75, 3.05) is 14.2 Å². The van der Waals surface area contributed by atoms with E-state index in [1.165, 1.54) is 7.11 Å². The Morgan fingerprint density at radius 2 is 1.71 bits per heavy atom. The van der Waals surface area contributed by atoms with Crippen LogP contribution in [-0.4, -0.2) is 20.2 Å². The molecule has 108 valence electrons. The first-order valence-electron chi connectivity index (χ1n) is 7.01. The number of benzene rings is 2. The summed E-state index contributed by atoms with van der Waals surface area (Å²) < 4.78 is 10.5. The molecule has 0 N–H and O–H groups in total. The number of carbonyl (C=O) groups is 1. The fourth-order valence-electron chi connectivity index (χ4n) is 3.18. The van der Waals surface area contributed by atoms with Crippen LogP contribution in [0.15, 0.2) is 54.6 Å². The van der Waals surface area contributed by atoms with Gasteiger partial charge in [0.25, 0.3) is 0 Å². The zero-order valence-corrected chi connectivity index (χ0v) is 12.2. The molecule has 0 aromatic heterocycles. The Balaban J connectivity index is 2.07. The molecule has 1 aliphatic rings. The summed E-state index contributed by atoms with van der Waals surface area (Å²) in [6.45, 7) is 0. The lowest BCUT2D eigenvalue weighted by Crippen LogP contribution is -2.24. The molecule has 1 fully saturated rings. The van der Waals surface area contributed by atoms with Crippen molar-refractivity contribution in [1.29, 1.82) is 0 Å². The highest BCUT2D eigenvalue weighted by Gasteiger charge is 2.63. The van der Waals surface area contributed by atoms with Crippen LogP contribution in [0.25, 0.3) is 0 Å². The lowest BCUT2D eigenvalue weighted by atomic mass is 9.90. The van der Waals surface area contributed by atoms with Crippen molar-refractivity contribution in [2.24, 2.45) is 0 Å². The van der Waals surface area contributed by atoms with E-state index in [9.17, 15) is 4.79 Å². The first-order valence-corrected chi connectivity index (χ1v) is 7.01. The zero-order chi connectivity index (χ0) is 14.9. The highest BCUT2D eigenvalue weighted by molar-refractivity contribution is 5.90. The van der Waals surface area contributed by atoms with Gasteiger partial charge in [-0.15, -0.1) is 0 Å². The number of hydrogen-bond acceptors (Lipinski definition) is 3. The molecule has 0 amide bonds. The summed E-state index contributed by atoms with van der Waals surface area (Å²) in [6.07, 6.45) is 0.754. The van der Waals surface area contributed by atoms with Gasteiger partial charge < -0.3 is 9.47 Å². The minimum atomic E-state index is -0.622. The zero-order valence-electron chi connectivity index (χ0n) is 12.2. The SMILES string of the molecule is COC(=O)[C@@]1(c2ccccc2OC)C[C@@H]1c1ccccc1. The highest BCUT2D eigenvalue weighted by atomic mass is 16.5. The maximum atomic E-state index is 12.5. The van der Waals surface area contributed by atoms with E-state index < -0.39 is 5.41 Å². The third-order valence-electron chi connectivity index (χ3n) is 4.30. The summed E-state index contributed by atoms with van der Waals surface area (Å²) in [4.78, 5) is 12.5. The molecule has 0 unspecified atom stereocenters. The second-order valence-electron chi connectivity index (χ2n) is 5.33. The third-order valence-corrected chi connectivity index (χ3v) is 4.30. The molecule has 0 spiro atoms. The van der Waals surface area contributed by atoms with Crippen molar-refractivity contribution in [3.05, 3.63) is 65.7 Å². The number of esters is 1. The molecule has 1 saturated carbocycles. The Morgan fingerprint density at radius 1 is 1.05 bits per heavy atom. The number of ether oxygens (including phenoxy) is 2. The number of hydrogen-bond donors (Lipinski definition) is 0. The van der Waals surface area contributed by atoms with E-state index in [2.05, 4.69) is 12.1 Å². The molecule has 0 heterocycles. The minimum absolute atomic E-state index is 0.141. The van der Waals surface area contributed by atoms with E-state index in [1.54, 1.807) is 7.11 Å².